The summed E-state index contributed by atoms with van der Waals surface area (Å²) < 4.78 is 5.74. The molecule has 0 saturated carbocycles. The van der Waals surface area contributed by atoms with Gasteiger partial charge in [-0.3, -0.25) is 4.90 Å². The summed E-state index contributed by atoms with van der Waals surface area (Å²) in [6.45, 7) is 12.0. The first-order valence-corrected chi connectivity index (χ1v) is 15.6. The van der Waals surface area contributed by atoms with Crippen molar-refractivity contribution in [1.29, 1.82) is 0 Å². The van der Waals surface area contributed by atoms with Crippen molar-refractivity contribution < 1.29 is 9.53 Å². The number of benzene rings is 2. The molecule has 2 aromatic carbocycles. The number of morpholine rings is 1. The van der Waals surface area contributed by atoms with E-state index in [2.05, 4.69) is 86.6 Å². The molecule has 1 saturated heterocycles. The van der Waals surface area contributed by atoms with Crippen molar-refractivity contribution in [3.63, 3.8) is 0 Å². The minimum Gasteiger partial charge on any atom is -0.462 e. The molecule has 2 aromatic rings. The molecule has 1 unspecified atom stereocenters. The van der Waals surface area contributed by atoms with Crippen LogP contribution in [0.3, 0.4) is 0 Å². The lowest BCUT2D eigenvalue weighted by Gasteiger charge is -2.46. The Balaban J connectivity index is 1.99. The zero-order valence-electron chi connectivity index (χ0n) is 19.3. The number of thioether (sulfide) groups is 1. The predicted molar refractivity (Wildman–Crippen MR) is 134 cm³/mol. The quantitative estimate of drug-likeness (QED) is 0.335. The topological polar surface area (TPSA) is 29.5 Å². The van der Waals surface area contributed by atoms with Gasteiger partial charge in [-0.25, -0.2) is 4.79 Å². The Morgan fingerprint density at radius 3 is 2.26 bits per heavy atom. The van der Waals surface area contributed by atoms with Gasteiger partial charge in [0, 0.05) is 10.9 Å². The summed E-state index contributed by atoms with van der Waals surface area (Å²) in [5.74, 6) is 0.267. The van der Waals surface area contributed by atoms with Crippen LogP contribution in [0.5, 0.6) is 0 Å². The van der Waals surface area contributed by atoms with Gasteiger partial charge in [0.05, 0.1) is 14.1 Å². The molecule has 1 fully saturated rings. The van der Waals surface area contributed by atoms with Gasteiger partial charge in [0.2, 0.25) is 0 Å². The Hall–Kier alpha value is -1.82. The molecule has 0 aliphatic carbocycles. The first-order valence-electron chi connectivity index (χ1n) is 11.1. The molecule has 0 N–H and O–H groups in total. The maximum Gasteiger partial charge on any atom is 0.334 e. The van der Waals surface area contributed by atoms with Gasteiger partial charge in [0.25, 0.3) is 0 Å². The van der Waals surface area contributed by atoms with Crippen LogP contribution in [0, 0.1) is 5.92 Å². The van der Waals surface area contributed by atoms with Gasteiger partial charge in [0.15, 0.2) is 5.37 Å². The lowest BCUT2D eigenvalue weighted by Crippen LogP contribution is -2.54. The Kier molecular flexibility index (Phi) is 8.20. The molecule has 5 heteroatoms. The highest BCUT2D eigenvalue weighted by molar-refractivity contribution is 8.00. The lowest BCUT2D eigenvalue weighted by atomic mass is 9.94. The lowest BCUT2D eigenvalue weighted by molar-refractivity contribution is -0.160. The Morgan fingerprint density at radius 1 is 1.06 bits per heavy atom. The fourth-order valence-electron chi connectivity index (χ4n) is 3.99. The number of esters is 1. The van der Waals surface area contributed by atoms with Crippen LogP contribution in [0.2, 0.25) is 19.6 Å². The van der Waals surface area contributed by atoms with Gasteiger partial charge in [-0.05, 0) is 30.0 Å². The molecule has 1 aliphatic heterocycles. The van der Waals surface area contributed by atoms with Crippen molar-refractivity contribution in [1.82, 2.24) is 4.90 Å². The van der Waals surface area contributed by atoms with Gasteiger partial charge >= 0.3 is 5.97 Å². The summed E-state index contributed by atoms with van der Waals surface area (Å²) in [5.41, 5.74) is 3.62. The van der Waals surface area contributed by atoms with E-state index in [-0.39, 0.29) is 23.4 Å². The van der Waals surface area contributed by atoms with E-state index in [1.54, 1.807) is 11.8 Å². The standard InChI is InChI=1S/C26H35NO2SSi/c1-20(2)23(17-12-18-31(3,4)5)27-24(21-13-8-6-9-14-21)19-29-26(28)25(27)30-22-15-10-7-11-16-22/h6-16,18,20,23-25H,17,19H2,1-5H3/b18-12+/t23-,24+,25?/m0/s1. The second kappa shape index (κ2) is 10.7. The Bertz CT molecular complexity index is 864. The maximum absolute atomic E-state index is 13.1. The molecule has 166 valence electrons. The molecule has 0 spiro atoms. The highest BCUT2D eigenvalue weighted by Crippen LogP contribution is 2.40. The summed E-state index contributed by atoms with van der Waals surface area (Å²) in [6.07, 6.45) is 3.29. The second-order valence-electron chi connectivity index (χ2n) is 9.60. The van der Waals surface area contributed by atoms with Crippen LogP contribution in [-0.2, 0) is 9.53 Å². The van der Waals surface area contributed by atoms with Crippen LogP contribution in [0.15, 0.2) is 77.3 Å². The van der Waals surface area contributed by atoms with E-state index in [0.717, 1.165) is 11.3 Å². The number of carbonyl (C=O) groups excluding carboxylic acids is 1. The molecular formula is C26H35NO2SSi. The molecular weight excluding hydrogens is 418 g/mol. The van der Waals surface area contributed by atoms with Crippen molar-refractivity contribution in [2.24, 2.45) is 5.92 Å². The number of hydrogen-bond donors (Lipinski definition) is 0. The largest absolute Gasteiger partial charge is 0.462 e. The van der Waals surface area contributed by atoms with Gasteiger partial charge in [-0.2, -0.15) is 0 Å². The van der Waals surface area contributed by atoms with E-state index in [0.29, 0.717) is 12.5 Å². The van der Waals surface area contributed by atoms with E-state index >= 15 is 0 Å². The normalized spacial score (nSPS) is 21.4. The zero-order valence-corrected chi connectivity index (χ0v) is 21.1. The van der Waals surface area contributed by atoms with Crippen LogP contribution in [0.4, 0.5) is 0 Å². The van der Waals surface area contributed by atoms with Gasteiger partial charge in [-0.15, -0.1) is 0 Å². The molecule has 31 heavy (non-hydrogen) atoms. The summed E-state index contributed by atoms with van der Waals surface area (Å²) >= 11 is 1.60. The monoisotopic (exact) mass is 453 g/mol. The van der Waals surface area contributed by atoms with Crippen molar-refractivity contribution in [3.8, 4) is 0 Å². The minimum absolute atomic E-state index is 0.0489. The molecule has 1 aliphatic rings. The third-order valence-corrected chi connectivity index (χ3v) is 7.98. The summed E-state index contributed by atoms with van der Waals surface area (Å²) in [7, 11) is -1.28. The highest BCUT2D eigenvalue weighted by atomic mass is 32.2. The van der Waals surface area contributed by atoms with Crippen LogP contribution in [0.1, 0.15) is 31.9 Å². The number of ether oxygens (including phenoxy) is 1. The smallest absolute Gasteiger partial charge is 0.334 e. The van der Waals surface area contributed by atoms with Gasteiger partial charge in [0.1, 0.15) is 6.61 Å². The number of cyclic esters (lactones) is 1. The SMILES string of the molecule is CC(C)[C@H](C/C=C/[Si](C)(C)C)N1C(Sc2ccccc2)C(=O)OC[C@@H]1c1ccccc1. The molecule has 3 atom stereocenters. The molecule has 0 bridgehead atoms. The predicted octanol–water partition coefficient (Wildman–Crippen LogP) is 6.55. The number of rotatable bonds is 8. The Morgan fingerprint density at radius 2 is 1.68 bits per heavy atom. The Labute approximate surface area is 192 Å². The molecule has 3 nitrogen and oxygen atoms in total. The van der Waals surface area contributed by atoms with Crippen LogP contribution >= 0.6 is 11.8 Å². The minimum atomic E-state index is -1.28. The van der Waals surface area contributed by atoms with E-state index < -0.39 is 8.07 Å². The van der Waals surface area contributed by atoms with Crippen LogP contribution in [-0.4, -0.2) is 37.0 Å². The zero-order chi connectivity index (χ0) is 22.4. The average Bonchev–Trinajstić information content (AvgIpc) is 2.73. The van der Waals surface area contributed by atoms with E-state index in [1.807, 2.05) is 24.3 Å². The highest BCUT2D eigenvalue weighted by Gasteiger charge is 2.43. The third kappa shape index (κ3) is 6.58. The average molecular weight is 454 g/mol. The van der Waals surface area contributed by atoms with Crippen molar-refractivity contribution in [2.45, 2.75) is 62.3 Å². The number of hydrogen-bond acceptors (Lipinski definition) is 4. The van der Waals surface area contributed by atoms with Crippen molar-refractivity contribution in [3.05, 3.63) is 78.0 Å². The molecule has 0 amide bonds. The van der Waals surface area contributed by atoms with E-state index in [1.165, 1.54) is 5.56 Å². The van der Waals surface area contributed by atoms with Crippen LogP contribution < -0.4 is 0 Å². The first kappa shape index (κ1) is 23.8. The molecule has 0 radical (unpaired) electrons. The molecule has 1 heterocycles. The number of carbonyl (C=O) groups is 1. The maximum atomic E-state index is 13.1. The van der Waals surface area contributed by atoms with Gasteiger partial charge in [-0.1, -0.05) is 106 Å². The van der Waals surface area contributed by atoms with E-state index in [4.69, 9.17) is 4.74 Å². The van der Waals surface area contributed by atoms with Crippen molar-refractivity contribution >= 4 is 25.8 Å². The molecule has 3 rings (SSSR count). The summed E-state index contributed by atoms with van der Waals surface area (Å²) in [6, 6.07) is 20.9. The summed E-state index contributed by atoms with van der Waals surface area (Å²) in [4.78, 5) is 16.6. The number of nitrogens with zero attached hydrogens (tertiary/aromatic N) is 1. The van der Waals surface area contributed by atoms with Gasteiger partial charge < -0.3 is 4.74 Å². The first-order chi connectivity index (χ1) is 14.8. The summed E-state index contributed by atoms with van der Waals surface area (Å²) in [5, 5.41) is -0.367. The second-order valence-corrected chi connectivity index (χ2v) is 15.8. The fourth-order valence-corrected chi connectivity index (χ4v) is 5.99. The molecule has 0 aromatic heterocycles. The fraction of sp³-hybridized carbons (Fsp3) is 0.423. The third-order valence-electron chi connectivity index (χ3n) is 5.54. The van der Waals surface area contributed by atoms with Crippen molar-refractivity contribution in [2.75, 3.05) is 6.61 Å². The van der Waals surface area contributed by atoms with E-state index in [9.17, 15) is 4.79 Å². The van der Waals surface area contributed by atoms with Crippen LogP contribution in [0.25, 0.3) is 0 Å².